The van der Waals surface area contributed by atoms with E-state index in [-0.39, 0.29) is 0 Å². The van der Waals surface area contributed by atoms with Crippen molar-refractivity contribution in [2.24, 2.45) is 0 Å². The molecule has 0 unspecified atom stereocenters. The molecule has 1 nitrogen and oxygen atoms in total. The molecule has 0 heterocycles. The minimum absolute atomic E-state index is 0.720. The van der Waals surface area contributed by atoms with Gasteiger partial charge in [0, 0.05) is 13.4 Å². The van der Waals surface area contributed by atoms with Gasteiger partial charge in [0.1, 0.15) is 5.75 Å². The smallest absolute Gasteiger partial charge is 0.155 e. The van der Waals surface area contributed by atoms with Gasteiger partial charge in [-0.05, 0) is 104 Å². The average molecular weight is 644 g/mol. The van der Waals surface area contributed by atoms with Crippen molar-refractivity contribution in [1.82, 2.24) is 0 Å². The Balaban J connectivity index is 2.45. The number of ether oxygens (including phenoxy) is 1. The molecule has 0 bridgehead atoms. The second-order valence-electron chi connectivity index (χ2n) is 3.47. The van der Waals surface area contributed by atoms with Gasteiger partial charge in [-0.1, -0.05) is 15.9 Å². The predicted octanol–water partition coefficient (Wildman–Crippen LogP) is 8.05. The number of halogens is 6. The molecule has 0 aliphatic rings. The van der Waals surface area contributed by atoms with Crippen molar-refractivity contribution in [3.05, 3.63) is 51.1 Å². The SMILES string of the molecule is Brc1cc(Br)c(Oc2ccc(Br)c(Br)c2Br)c(Br)c1. The normalized spacial score (nSPS) is 10.6. The minimum Gasteiger partial charge on any atom is -0.454 e. The second-order valence-corrected chi connectivity index (χ2v) is 8.54. The first-order valence-corrected chi connectivity index (χ1v) is 9.62. The van der Waals surface area contributed by atoms with Gasteiger partial charge in [-0.25, -0.2) is 0 Å². The lowest BCUT2D eigenvalue weighted by Gasteiger charge is -2.13. The van der Waals surface area contributed by atoms with Crippen LogP contribution in [0.5, 0.6) is 11.5 Å². The Morgan fingerprint density at radius 1 is 0.684 bits per heavy atom. The summed E-state index contributed by atoms with van der Waals surface area (Å²) < 4.78 is 11.4. The van der Waals surface area contributed by atoms with Crippen LogP contribution in [0.1, 0.15) is 0 Å². The summed E-state index contributed by atoms with van der Waals surface area (Å²) in [5.41, 5.74) is 0. The van der Waals surface area contributed by atoms with E-state index < -0.39 is 0 Å². The molecule has 2 rings (SSSR count). The van der Waals surface area contributed by atoms with Crippen LogP contribution in [-0.4, -0.2) is 0 Å². The van der Waals surface area contributed by atoms with Crippen molar-refractivity contribution in [3.63, 3.8) is 0 Å². The van der Waals surface area contributed by atoms with Crippen LogP contribution in [0.2, 0.25) is 0 Å². The van der Waals surface area contributed by atoms with E-state index in [2.05, 4.69) is 95.6 Å². The molecule has 0 aliphatic heterocycles. The molecule has 0 aromatic heterocycles. The third kappa shape index (κ3) is 3.86. The molecule has 0 saturated carbocycles. The lowest BCUT2D eigenvalue weighted by Crippen LogP contribution is -1.89. The molecule has 0 saturated heterocycles. The van der Waals surface area contributed by atoms with E-state index in [0.29, 0.717) is 0 Å². The van der Waals surface area contributed by atoms with Gasteiger partial charge in [-0.15, -0.1) is 0 Å². The largest absolute Gasteiger partial charge is 0.454 e. The van der Waals surface area contributed by atoms with Gasteiger partial charge in [0.15, 0.2) is 5.75 Å². The second kappa shape index (κ2) is 6.92. The number of hydrogen-bond donors (Lipinski definition) is 0. The number of hydrogen-bond acceptors (Lipinski definition) is 1. The molecular weight excluding hydrogens is 640 g/mol. The number of rotatable bonds is 2. The monoisotopic (exact) mass is 638 g/mol. The predicted molar refractivity (Wildman–Crippen MR) is 99.2 cm³/mol. The maximum Gasteiger partial charge on any atom is 0.155 e. The molecule has 0 atom stereocenters. The molecule has 0 radical (unpaired) electrons. The minimum atomic E-state index is 0.720. The van der Waals surface area contributed by atoms with Crippen LogP contribution in [0, 0.1) is 0 Å². The van der Waals surface area contributed by atoms with Crippen molar-refractivity contribution < 1.29 is 4.74 Å². The van der Waals surface area contributed by atoms with E-state index in [1.807, 2.05) is 24.3 Å². The summed E-state index contributed by atoms with van der Waals surface area (Å²) in [6, 6.07) is 7.68. The Morgan fingerprint density at radius 3 is 1.84 bits per heavy atom. The first kappa shape index (κ1) is 16.5. The van der Waals surface area contributed by atoms with Crippen LogP contribution in [0.25, 0.3) is 0 Å². The third-order valence-corrected chi connectivity index (χ3v) is 7.15. The summed E-state index contributed by atoms with van der Waals surface area (Å²) >= 11 is 20.9. The topological polar surface area (TPSA) is 9.23 Å². The van der Waals surface area contributed by atoms with Gasteiger partial charge in [0.25, 0.3) is 0 Å². The lowest BCUT2D eigenvalue weighted by molar-refractivity contribution is 0.473. The molecule has 0 amide bonds. The fourth-order valence-electron chi connectivity index (χ4n) is 1.32. The quantitative estimate of drug-likeness (QED) is 0.301. The summed E-state index contributed by atoms with van der Waals surface area (Å²) in [5.74, 6) is 1.44. The Bertz CT molecular complexity index is 617. The van der Waals surface area contributed by atoms with E-state index in [1.54, 1.807) is 0 Å². The molecule has 7 heteroatoms. The van der Waals surface area contributed by atoms with E-state index in [4.69, 9.17) is 4.74 Å². The zero-order valence-electron chi connectivity index (χ0n) is 8.99. The molecule has 0 fully saturated rings. The summed E-state index contributed by atoms with van der Waals surface area (Å²) in [4.78, 5) is 0. The van der Waals surface area contributed by atoms with Gasteiger partial charge in [0.05, 0.1) is 13.4 Å². The molecule has 100 valence electrons. The molecule has 19 heavy (non-hydrogen) atoms. The molecular formula is C12H4Br6O. The van der Waals surface area contributed by atoms with Crippen molar-refractivity contribution in [3.8, 4) is 11.5 Å². The molecule has 2 aromatic carbocycles. The maximum atomic E-state index is 5.95. The van der Waals surface area contributed by atoms with Gasteiger partial charge in [-0.2, -0.15) is 0 Å². The fraction of sp³-hybridized carbons (Fsp3) is 0. The van der Waals surface area contributed by atoms with Crippen molar-refractivity contribution in [2.45, 2.75) is 0 Å². The summed E-state index contributed by atoms with van der Waals surface area (Å²) in [6.07, 6.45) is 0. The highest BCUT2D eigenvalue weighted by atomic mass is 79.9. The summed E-state index contributed by atoms with van der Waals surface area (Å²) in [7, 11) is 0. The average Bonchev–Trinajstić information content (AvgIpc) is 2.33. The van der Waals surface area contributed by atoms with Crippen molar-refractivity contribution in [2.75, 3.05) is 0 Å². The van der Waals surface area contributed by atoms with Gasteiger partial charge < -0.3 is 4.74 Å². The maximum absolute atomic E-state index is 5.95. The standard InChI is InChI=1S/C12H4Br6O/c13-5-3-7(15)12(8(16)4-5)19-9-2-1-6(14)10(17)11(9)18/h1-4H. The zero-order valence-corrected chi connectivity index (χ0v) is 18.5. The first-order valence-electron chi connectivity index (χ1n) is 4.86. The summed E-state index contributed by atoms with van der Waals surface area (Å²) in [6.45, 7) is 0. The van der Waals surface area contributed by atoms with Crippen LogP contribution in [0.3, 0.4) is 0 Å². The Morgan fingerprint density at radius 2 is 1.26 bits per heavy atom. The molecule has 0 N–H and O–H groups in total. The van der Waals surface area contributed by atoms with Gasteiger partial charge in [-0.3, -0.25) is 0 Å². The van der Waals surface area contributed by atoms with Crippen molar-refractivity contribution in [1.29, 1.82) is 0 Å². The van der Waals surface area contributed by atoms with E-state index in [0.717, 1.165) is 38.3 Å². The lowest BCUT2D eigenvalue weighted by atomic mass is 10.3. The third-order valence-electron chi connectivity index (χ3n) is 2.17. The number of benzene rings is 2. The highest BCUT2D eigenvalue weighted by Gasteiger charge is 2.14. The van der Waals surface area contributed by atoms with Crippen LogP contribution < -0.4 is 4.74 Å². The molecule has 0 spiro atoms. The highest BCUT2D eigenvalue weighted by molar-refractivity contribution is 9.14. The van der Waals surface area contributed by atoms with Crippen LogP contribution in [-0.2, 0) is 0 Å². The van der Waals surface area contributed by atoms with E-state index in [9.17, 15) is 0 Å². The van der Waals surface area contributed by atoms with Crippen LogP contribution in [0.4, 0.5) is 0 Å². The first-order chi connectivity index (χ1) is 8.90. The van der Waals surface area contributed by atoms with Crippen LogP contribution >= 0.6 is 95.6 Å². The molecule has 2 aromatic rings. The fourth-order valence-corrected chi connectivity index (χ4v) is 5.09. The summed E-state index contributed by atoms with van der Waals surface area (Å²) in [5, 5.41) is 0. The van der Waals surface area contributed by atoms with Crippen LogP contribution in [0.15, 0.2) is 51.1 Å². The highest BCUT2D eigenvalue weighted by Crippen LogP contribution is 2.44. The zero-order chi connectivity index (χ0) is 14.2. The van der Waals surface area contributed by atoms with E-state index >= 15 is 0 Å². The van der Waals surface area contributed by atoms with Crippen molar-refractivity contribution >= 4 is 95.6 Å². The van der Waals surface area contributed by atoms with Gasteiger partial charge >= 0.3 is 0 Å². The Hall–Kier alpha value is 1.12. The Labute approximate surface area is 161 Å². The van der Waals surface area contributed by atoms with Gasteiger partial charge in [0.2, 0.25) is 0 Å². The van der Waals surface area contributed by atoms with E-state index in [1.165, 1.54) is 0 Å². The Kier molecular flexibility index (Phi) is 6.01. The molecule has 0 aliphatic carbocycles.